The number of carbonyl (C=O) groups excluding carboxylic acids is 1. The number of hydrogen-bond acceptors (Lipinski definition) is 7. The highest BCUT2D eigenvalue weighted by molar-refractivity contribution is 5.77. The molecule has 2 aromatic carbocycles. The molecule has 27 heavy (non-hydrogen) atoms. The maximum Gasteiger partial charge on any atom is 0.258 e. The lowest BCUT2D eigenvalue weighted by Gasteiger charge is -2.09. The number of para-hydroxylation sites is 2. The first kappa shape index (κ1) is 18.2. The Hall–Kier alpha value is -3.55. The Morgan fingerprint density at radius 3 is 2.63 bits per heavy atom. The van der Waals surface area contributed by atoms with Crippen molar-refractivity contribution >= 4 is 5.91 Å². The van der Waals surface area contributed by atoms with Gasteiger partial charge in [-0.2, -0.15) is 0 Å². The van der Waals surface area contributed by atoms with Gasteiger partial charge in [0.25, 0.3) is 5.91 Å². The van der Waals surface area contributed by atoms with Crippen molar-refractivity contribution in [3.8, 4) is 28.7 Å². The molecule has 0 saturated heterocycles. The second-order valence-corrected chi connectivity index (χ2v) is 5.45. The lowest BCUT2D eigenvalue weighted by atomic mass is 10.2. The number of benzene rings is 2. The highest BCUT2D eigenvalue weighted by atomic mass is 16.5. The van der Waals surface area contributed by atoms with Crippen LogP contribution < -0.4 is 19.5 Å². The van der Waals surface area contributed by atoms with Crippen molar-refractivity contribution in [1.82, 2.24) is 15.5 Å². The molecule has 0 aliphatic rings. The molecule has 8 heteroatoms. The van der Waals surface area contributed by atoms with Crippen LogP contribution in [0.2, 0.25) is 0 Å². The average molecular weight is 369 g/mol. The van der Waals surface area contributed by atoms with E-state index in [0.717, 1.165) is 5.56 Å². The van der Waals surface area contributed by atoms with Gasteiger partial charge in [-0.1, -0.05) is 18.2 Å². The first-order valence-corrected chi connectivity index (χ1v) is 8.19. The molecular weight excluding hydrogens is 350 g/mol. The van der Waals surface area contributed by atoms with Gasteiger partial charge in [0.05, 0.1) is 20.8 Å². The van der Waals surface area contributed by atoms with E-state index in [0.29, 0.717) is 29.0 Å². The summed E-state index contributed by atoms with van der Waals surface area (Å²) in [6.07, 6.45) is 0. The van der Waals surface area contributed by atoms with Gasteiger partial charge in [0.15, 0.2) is 18.1 Å². The maximum absolute atomic E-state index is 12.0. The smallest absolute Gasteiger partial charge is 0.258 e. The van der Waals surface area contributed by atoms with Crippen LogP contribution in [0.4, 0.5) is 0 Å². The van der Waals surface area contributed by atoms with E-state index in [2.05, 4.69) is 15.5 Å². The topological polar surface area (TPSA) is 95.7 Å². The first-order valence-electron chi connectivity index (χ1n) is 8.19. The quantitative estimate of drug-likeness (QED) is 0.651. The Morgan fingerprint density at radius 2 is 1.85 bits per heavy atom. The van der Waals surface area contributed by atoms with E-state index < -0.39 is 0 Å². The van der Waals surface area contributed by atoms with Gasteiger partial charge in [-0.3, -0.25) is 4.79 Å². The molecule has 3 rings (SSSR count). The predicted octanol–water partition coefficient (Wildman–Crippen LogP) is 2.45. The Balaban J connectivity index is 1.53. The van der Waals surface area contributed by atoms with Crippen molar-refractivity contribution < 1.29 is 23.4 Å². The minimum absolute atomic E-state index is 0.102. The molecule has 3 aromatic rings. The summed E-state index contributed by atoms with van der Waals surface area (Å²) < 4.78 is 21.4. The number of aromatic nitrogens is 2. The second-order valence-electron chi connectivity index (χ2n) is 5.45. The molecule has 8 nitrogen and oxygen atoms in total. The van der Waals surface area contributed by atoms with E-state index in [9.17, 15) is 4.79 Å². The standard InChI is InChI=1S/C19H19N3O5/c1-24-14-7-5-6-13(10-14)19-22-21-18(27-19)11-20-17(23)12-26-16-9-4-3-8-15(16)25-2/h3-10H,11-12H2,1-2H3,(H,20,23). The van der Waals surface area contributed by atoms with Crippen LogP contribution in [0.15, 0.2) is 52.9 Å². The summed E-state index contributed by atoms with van der Waals surface area (Å²) in [6.45, 7) is -0.0532. The molecule has 0 unspecified atom stereocenters. The molecule has 0 radical (unpaired) electrons. The van der Waals surface area contributed by atoms with E-state index in [1.54, 1.807) is 31.4 Å². The normalized spacial score (nSPS) is 10.3. The highest BCUT2D eigenvalue weighted by Gasteiger charge is 2.11. The third-order valence-electron chi connectivity index (χ3n) is 3.65. The van der Waals surface area contributed by atoms with Crippen molar-refractivity contribution in [1.29, 1.82) is 0 Å². The fraction of sp³-hybridized carbons (Fsp3) is 0.211. The van der Waals surface area contributed by atoms with E-state index in [1.807, 2.05) is 24.3 Å². The summed E-state index contributed by atoms with van der Waals surface area (Å²) >= 11 is 0. The number of ether oxygens (including phenoxy) is 3. The summed E-state index contributed by atoms with van der Waals surface area (Å²) in [5.41, 5.74) is 0.735. The predicted molar refractivity (Wildman–Crippen MR) is 96.6 cm³/mol. The van der Waals surface area contributed by atoms with Crippen LogP contribution >= 0.6 is 0 Å². The minimum atomic E-state index is -0.318. The third kappa shape index (κ3) is 4.75. The summed E-state index contributed by atoms with van der Waals surface area (Å²) in [4.78, 5) is 12.0. The van der Waals surface area contributed by atoms with Crippen molar-refractivity contribution in [2.75, 3.05) is 20.8 Å². The van der Waals surface area contributed by atoms with Crippen LogP contribution in [0.1, 0.15) is 5.89 Å². The van der Waals surface area contributed by atoms with Gasteiger partial charge < -0.3 is 23.9 Å². The fourth-order valence-electron chi connectivity index (χ4n) is 2.30. The van der Waals surface area contributed by atoms with Gasteiger partial charge in [-0.05, 0) is 30.3 Å². The molecule has 0 saturated carbocycles. The lowest BCUT2D eigenvalue weighted by molar-refractivity contribution is -0.123. The van der Waals surface area contributed by atoms with Crippen LogP contribution in [0.25, 0.3) is 11.5 Å². The van der Waals surface area contributed by atoms with Gasteiger partial charge >= 0.3 is 0 Å². The summed E-state index contributed by atoms with van der Waals surface area (Å²) in [7, 11) is 3.12. The van der Waals surface area contributed by atoms with Crippen molar-refractivity contribution in [2.24, 2.45) is 0 Å². The number of amides is 1. The molecule has 0 atom stereocenters. The van der Waals surface area contributed by atoms with Crippen molar-refractivity contribution in [2.45, 2.75) is 6.54 Å². The number of nitrogens with one attached hydrogen (secondary N) is 1. The zero-order valence-corrected chi connectivity index (χ0v) is 15.0. The van der Waals surface area contributed by atoms with Crippen LogP contribution in [0.3, 0.4) is 0 Å². The Kier molecular flexibility index (Phi) is 5.88. The van der Waals surface area contributed by atoms with E-state index in [4.69, 9.17) is 18.6 Å². The van der Waals surface area contributed by atoms with Crippen LogP contribution in [-0.2, 0) is 11.3 Å². The first-order chi connectivity index (χ1) is 13.2. The van der Waals surface area contributed by atoms with Crippen molar-refractivity contribution in [3.05, 3.63) is 54.4 Å². The minimum Gasteiger partial charge on any atom is -0.497 e. The summed E-state index contributed by atoms with van der Waals surface area (Å²) in [5, 5.41) is 10.6. The number of methoxy groups -OCH3 is 2. The van der Waals surface area contributed by atoms with Gasteiger partial charge in [-0.15, -0.1) is 10.2 Å². The number of rotatable bonds is 8. The van der Waals surface area contributed by atoms with Crippen molar-refractivity contribution in [3.63, 3.8) is 0 Å². The molecule has 0 spiro atoms. The SMILES string of the molecule is COc1cccc(-c2nnc(CNC(=O)COc3ccccc3OC)o2)c1. The third-order valence-corrected chi connectivity index (χ3v) is 3.65. The van der Waals surface area contributed by atoms with Gasteiger partial charge in [0, 0.05) is 5.56 Å². The Morgan fingerprint density at radius 1 is 1.04 bits per heavy atom. The van der Waals surface area contributed by atoms with Crippen LogP contribution in [0.5, 0.6) is 17.2 Å². The van der Waals surface area contributed by atoms with Crippen LogP contribution in [-0.4, -0.2) is 36.9 Å². The van der Waals surface area contributed by atoms with E-state index in [1.165, 1.54) is 7.11 Å². The Bertz CT molecular complexity index is 910. The molecule has 1 aromatic heterocycles. The monoisotopic (exact) mass is 369 g/mol. The highest BCUT2D eigenvalue weighted by Crippen LogP contribution is 2.25. The number of carbonyl (C=O) groups is 1. The van der Waals surface area contributed by atoms with E-state index >= 15 is 0 Å². The summed E-state index contributed by atoms with van der Waals surface area (Å²) in [5.74, 6) is 2.07. The fourth-order valence-corrected chi connectivity index (χ4v) is 2.30. The average Bonchev–Trinajstić information content (AvgIpc) is 3.20. The molecule has 0 fully saturated rings. The summed E-state index contributed by atoms with van der Waals surface area (Å²) in [6, 6.07) is 14.4. The zero-order chi connectivity index (χ0) is 19.1. The molecular formula is C19H19N3O5. The van der Waals surface area contributed by atoms with Gasteiger partial charge in [0.2, 0.25) is 11.8 Å². The maximum atomic E-state index is 12.0. The lowest BCUT2D eigenvalue weighted by Crippen LogP contribution is -2.28. The molecule has 140 valence electrons. The molecule has 0 aliphatic heterocycles. The molecule has 0 bridgehead atoms. The van der Waals surface area contributed by atoms with Gasteiger partial charge in [-0.25, -0.2) is 0 Å². The molecule has 1 N–H and O–H groups in total. The number of nitrogens with zero attached hydrogens (tertiary/aromatic N) is 2. The largest absolute Gasteiger partial charge is 0.497 e. The number of hydrogen-bond donors (Lipinski definition) is 1. The van der Waals surface area contributed by atoms with Crippen LogP contribution in [0, 0.1) is 0 Å². The second kappa shape index (κ2) is 8.70. The van der Waals surface area contributed by atoms with E-state index in [-0.39, 0.29) is 19.1 Å². The molecule has 1 amide bonds. The molecule has 1 heterocycles. The van der Waals surface area contributed by atoms with Gasteiger partial charge in [0.1, 0.15) is 5.75 Å². The zero-order valence-electron chi connectivity index (χ0n) is 15.0. The molecule has 0 aliphatic carbocycles. The Labute approximate surface area is 156 Å².